The first-order valence-corrected chi connectivity index (χ1v) is 14.1. The van der Waals surface area contributed by atoms with Crippen LogP contribution in [0.15, 0.2) is 85.0 Å². The Morgan fingerprint density at radius 1 is 0.625 bits per heavy atom. The number of hydrogen-bond acceptors (Lipinski definition) is 0. The minimum Gasteiger partial charge on any atom is -0.673 e. The summed E-state index contributed by atoms with van der Waals surface area (Å²) >= 11 is 0. The van der Waals surface area contributed by atoms with E-state index in [2.05, 4.69) is 85.9 Å². The molecule has 0 amide bonds. The maximum absolute atomic E-state index is 6.94. The Kier molecular flexibility index (Phi) is 23.9. The van der Waals surface area contributed by atoms with Crippen molar-refractivity contribution >= 4 is 9.52 Å². The third kappa shape index (κ3) is 39.3. The van der Waals surface area contributed by atoms with Crippen LogP contribution >= 0.6 is 0 Å². The average Bonchev–Trinajstić information content (AvgIpc) is 2.64. The van der Waals surface area contributed by atoms with Crippen LogP contribution in [-0.2, 0) is 34.6 Å². The molecule has 0 heterocycles. The van der Waals surface area contributed by atoms with E-state index in [1.165, 1.54) is 11.1 Å². The Labute approximate surface area is 216 Å². The smallest absolute Gasteiger partial charge is 0.673 e. The van der Waals surface area contributed by atoms with Gasteiger partial charge in [-0.1, -0.05) is 140 Å². The monoisotopic (exact) mass is 486 g/mol. The van der Waals surface area contributed by atoms with Crippen molar-refractivity contribution in [2.45, 2.75) is 78.6 Å². The van der Waals surface area contributed by atoms with Gasteiger partial charge in [-0.2, -0.15) is 0 Å². The van der Waals surface area contributed by atoms with Gasteiger partial charge in [0.25, 0.3) is 0 Å². The van der Waals surface area contributed by atoms with Crippen LogP contribution in [0.3, 0.4) is 0 Å². The van der Waals surface area contributed by atoms with Crippen LogP contribution in [0, 0.1) is 0 Å². The van der Waals surface area contributed by atoms with Crippen molar-refractivity contribution in [3.8, 4) is 0 Å². The van der Waals surface area contributed by atoms with Gasteiger partial charge in [0.2, 0.25) is 0 Å². The predicted octanol–water partition coefficient (Wildman–Crippen LogP) is 8.51. The van der Waals surface area contributed by atoms with Crippen LogP contribution in [0.4, 0.5) is 0 Å². The molecule has 0 spiro atoms. The Hall–Kier alpha value is -1.23. The van der Waals surface area contributed by atoms with Crippen molar-refractivity contribution < 1.29 is 21.7 Å². The molecule has 32 heavy (non-hydrogen) atoms. The van der Waals surface area contributed by atoms with E-state index in [1.807, 2.05) is 53.7 Å². The summed E-state index contributed by atoms with van der Waals surface area (Å²) in [6.45, 7) is 15.7. The van der Waals surface area contributed by atoms with E-state index >= 15 is 0 Å². The molecule has 2 nitrogen and oxygen atoms in total. The van der Waals surface area contributed by atoms with E-state index in [9.17, 15) is 0 Å². The molecule has 0 saturated heterocycles. The second kappa shape index (κ2) is 21.6. The van der Waals surface area contributed by atoms with Gasteiger partial charge in [-0.3, -0.25) is 0 Å². The predicted molar refractivity (Wildman–Crippen MR) is 147 cm³/mol. The van der Waals surface area contributed by atoms with Crippen molar-refractivity contribution in [1.82, 2.24) is 0 Å². The number of rotatable bonds is 5. The Morgan fingerprint density at radius 2 is 0.844 bits per heavy atom. The minimum atomic E-state index is -0.250. The summed E-state index contributed by atoms with van der Waals surface area (Å²) in [5.74, 6) is 0. The average molecular weight is 487 g/mol. The fourth-order valence-electron chi connectivity index (χ4n) is 1.79. The second-order valence-electron chi connectivity index (χ2n) is 9.44. The van der Waals surface area contributed by atoms with Crippen LogP contribution in [0.1, 0.15) is 52.7 Å². The number of allylic oxidation sites excluding steroid dienone is 4. The Bertz CT molecular complexity index is 611. The first-order valence-electron chi connectivity index (χ1n) is 11.3. The molecule has 2 aromatic rings. The first-order chi connectivity index (χ1) is 14.4. The van der Waals surface area contributed by atoms with E-state index in [-0.39, 0.29) is 32.8 Å². The Morgan fingerprint density at radius 3 is 1.06 bits per heavy atom. The normalized spacial score (nSPS) is 10.7. The molecule has 2 aromatic carbocycles. The minimum absolute atomic E-state index is 0. The van der Waals surface area contributed by atoms with Crippen LogP contribution < -0.4 is 0 Å². The summed E-state index contributed by atoms with van der Waals surface area (Å²) < 4.78 is 0. The molecule has 0 aliphatic rings. The van der Waals surface area contributed by atoms with Gasteiger partial charge in [0.1, 0.15) is 0 Å². The summed E-state index contributed by atoms with van der Waals surface area (Å²) in [6.07, 6.45) is 10.6. The molecule has 2 rings (SSSR count). The van der Waals surface area contributed by atoms with Gasteiger partial charge in [-0.15, -0.1) is 11.1 Å². The second-order valence-corrected chi connectivity index (χ2v) is 10.9. The van der Waals surface area contributed by atoms with Crippen molar-refractivity contribution in [2.24, 2.45) is 0 Å². The summed E-state index contributed by atoms with van der Waals surface area (Å²) in [5.41, 5.74) is 16.1. The molecule has 4 heteroatoms. The first kappa shape index (κ1) is 35.4. The zero-order valence-corrected chi connectivity index (χ0v) is 24.7. The molecule has 0 aliphatic heterocycles. The van der Waals surface area contributed by atoms with Crippen molar-refractivity contribution in [3.05, 3.63) is 108 Å². The zero-order valence-electron chi connectivity index (χ0n) is 21.7. The van der Waals surface area contributed by atoms with E-state index in [4.69, 9.17) is 11.5 Å². The van der Waals surface area contributed by atoms with Crippen LogP contribution in [0.2, 0.25) is 13.1 Å². The maximum Gasteiger partial charge on any atom is 2.00 e. The quantitative estimate of drug-likeness (QED) is 0.300. The van der Waals surface area contributed by atoms with Gasteiger partial charge in [-0.25, -0.2) is 0 Å². The summed E-state index contributed by atoms with van der Waals surface area (Å²) in [5, 5.41) is 0. The molecule has 0 fully saturated rings. The van der Waals surface area contributed by atoms with Gasteiger partial charge >= 0.3 is 21.7 Å². The van der Waals surface area contributed by atoms with E-state index in [0.717, 1.165) is 12.8 Å². The van der Waals surface area contributed by atoms with Crippen molar-refractivity contribution in [3.63, 3.8) is 0 Å². The summed E-state index contributed by atoms with van der Waals surface area (Å²) in [6, 6.07) is 21.0. The van der Waals surface area contributed by atoms with E-state index < -0.39 is 0 Å². The molecule has 0 aromatic heterocycles. The topological polar surface area (TPSA) is 47.6 Å². The number of benzene rings is 2. The molecular weight excluding hydrogens is 440 g/mol. The van der Waals surface area contributed by atoms with Gasteiger partial charge in [0.05, 0.1) is 0 Å². The molecule has 0 radical (unpaired) electrons. The van der Waals surface area contributed by atoms with E-state index in [1.54, 1.807) is 0 Å². The van der Waals surface area contributed by atoms with Crippen LogP contribution in [-0.4, -0.2) is 20.6 Å². The number of nitrogens with one attached hydrogen (secondary N) is 2. The fraction of sp³-hybridized carbons (Fsp3) is 0.429. The van der Waals surface area contributed by atoms with Gasteiger partial charge in [-0.05, 0) is 24.0 Å². The zero-order chi connectivity index (χ0) is 24.2. The molecule has 0 aliphatic carbocycles. The van der Waals surface area contributed by atoms with E-state index in [0.29, 0.717) is 9.52 Å². The van der Waals surface area contributed by atoms with Gasteiger partial charge in [0.15, 0.2) is 0 Å². The molecule has 0 atom stereocenters. The van der Waals surface area contributed by atoms with Gasteiger partial charge < -0.3 is 11.5 Å². The van der Waals surface area contributed by atoms with Crippen LogP contribution in [0.5, 0.6) is 0 Å². The third-order valence-corrected chi connectivity index (χ3v) is 2.78. The van der Waals surface area contributed by atoms with Crippen LogP contribution in [0.25, 0.3) is 11.5 Å². The summed E-state index contributed by atoms with van der Waals surface area (Å²) in [4.78, 5) is 0. The number of hydrogen-bond donors (Lipinski definition) is 0. The molecular formula is C28H46N2SiTi. The molecule has 176 valence electrons. The molecule has 0 bridgehead atoms. The molecule has 0 unspecified atom stereocenters. The SMILES string of the molecule is C(C=CCc1ccccc1)=CCc1ccccc1.CC(C)(C)[NH-].CC(C)(C)[NH-].C[SiH2]C.[Ti+2]. The van der Waals surface area contributed by atoms with Crippen molar-refractivity contribution in [2.75, 3.05) is 0 Å². The summed E-state index contributed by atoms with van der Waals surface area (Å²) in [7, 11) is 0.417. The largest absolute Gasteiger partial charge is 2.00 e. The molecule has 0 saturated carbocycles. The standard InChI is InChI=1S/C18H18.2C4H10N.C2H8Si.Ti/c1(5-11-17-13-7-3-8-14-17)2-6-12-18-15-9-4-10-16-18;2*1-4(2,3)5;1-3-2;/h1-10,13-16H,11-12H2;2*5H,1-3H3;3H2,1-2H3;/q;2*-1;;+2. The fourth-order valence-corrected chi connectivity index (χ4v) is 1.79. The van der Waals surface area contributed by atoms with Crippen molar-refractivity contribution in [1.29, 1.82) is 0 Å². The van der Waals surface area contributed by atoms with Gasteiger partial charge in [0, 0.05) is 9.52 Å². The third-order valence-electron chi connectivity index (χ3n) is 2.78. The molecule has 2 N–H and O–H groups in total. The Balaban J connectivity index is -0.000000499. The maximum atomic E-state index is 6.94.